The maximum Gasteiger partial charge on any atom is 0.349 e. The van der Waals surface area contributed by atoms with Crippen LogP contribution in [0.25, 0.3) is 0 Å². The maximum absolute atomic E-state index is 12.0. The Balaban J connectivity index is 1.96. The number of anilines is 1. The van der Waals surface area contributed by atoms with Crippen LogP contribution in [0.3, 0.4) is 0 Å². The van der Waals surface area contributed by atoms with Crippen molar-refractivity contribution in [3.05, 3.63) is 22.7 Å². The molecule has 1 unspecified atom stereocenters. The molecule has 1 aliphatic carbocycles. The van der Waals surface area contributed by atoms with Gasteiger partial charge in [-0.15, -0.1) is 0 Å². The molecule has 2 N–H and O–H groups in total. The Morgan fingerprint density at radius 3 is 2.80 bits per heavy atom. The van der Waals surface area contributed by atoms with Crippen molar-refractivity contribution in [1.29, 1.82) is 0 Å². The molecule has 3 rings (SSSR count). The molecular weight excluding hydrogens is 258 g/mol. The van der Waals surface area contributed by atoms with Crippen molar-refractivity contribution < 1.29 is 9.47 Å². The van der Waals surface area contributed by atoms with Crippen molar-refractivity contribution in [3.8, 4) is 0 Å². The molecule has 20 heavy (non-hydrogen) atoms. The highest BCUT2D eigenvalue weighted by Crippen LogP contribution is 2.47. The molecule has 2 fully saturated rings. The van der Waals surface area contributed by atoms with Gasteiger partial charge in [0.1, 0.15) is 11.9 Å². The van der Waals surface area contributed by atoms with E-state index in [1.807, 2.05) is 13.8 Å². The van der Waals surface area contributed by atoms with Gasteiger partial charge in [0.2, 0.25) is 0 Å². The van der Waals surface area contributed by atoms with Crippen LogP contribution in [0.5, 0.6) is 0 Å². The zero-order valence-corrected chi connectivity index (χ0v) is 12.1. The van der Waals surface area contributed by atoms with Gasteiger partial charge in [0.15, 0.2) is 5.79 Å². The molecule has 6 nitrogen and oxygen atoms in total. The highest BCUT2D eigenvalue weighted by molar-refractivity contribution is 5.24. The van der Waals surface area contributed by atoms with Gasteiger partial charge < -0.3 is 15.2 Å². The standard InChI is InChI=1S/C14H21N3O3/c1-4-8-7-9(12-11(8)19-14(2,3)20-12)17-6-5-10(15)16-13(17)18/h5-6,8-9,11-12H,4,7H2,1-3H3,(H2,15,16,18)/t8-,9+,11-,12?/m0/s1. The summed E-state index contributed by atoms with van der Waals surface area (Å²) in [6.07, 6.45) is 3.53. The largest absolute Gasteiger partial charge is 0.383 e. The number of nitrogens with two attached hydrogens (primary N) is 1. The summed E-state index contributed by atoms with van der Waals surface area (Å²) in [6, 6.07) is 1.61. The molecule has 1 aromatic rings. The second kappa shape index (κ2) is 4.56. The summed E-state index contributed by atoms with van der Waals surface area (Å²) >= 11 is 0. The Hall–Kier alpha value is -1.40. The van der Waals surface area contributed by atoms with Gasteiger partial charge in [-0.25, -0.2) is 4.79 Å². The van der Waals surface area contributed by atoms with Gasteiger partial charge in [-0.05, 0) is 32.3 Å². The quantitative estimate of drug-likeness (QED) is 0.883. The molecule has 1 aliphatic heterocycles. The van der Waals surface area contributed by atoms with E-state index in [4.69, 9.17) is 15.2 Å². The zero-order valence-electron chi connectivity index (χ0n) is 12.1. The first kappa shape index (κ1) is 13.6. The third kappa shape index (κ3) is 2.13. The predicted octanol–water partition coefficient (Wildman–Crippen LogP) is 1.32. The normalized spacial score (nSPS) is 35.1. The number of hydrogen-bond donors (Lipinski definition) is 1. The summed E-state index contributed by atoms with van der Waals surface area (Å²) < 4.78 is 13.7. The Labute approximate surface area is 117 Å². The molecule has 1 saturated carbocycles. The lowest BCUT2D eigenvalue weighted by Crippen LogP contribution is -2.34. The first-order chi connectivity index (χ1) is 9.41. The zero-order chi connectivity index (χ0) is 14.5. The monoisotopic (exact) mass is 279 g/mol. The van der Waals surface area contributed by atoms with Crippen molar-refractivity contribution in [2.24, 2.45) is 5.92 Å². The summed E-state index contributed by atoms with van der Waals surface area (Å²) in [6.45, 7) is 5.97. The van der Waals surface area contributed by atoms with Gasteiger partial charge in [-0.3, -0.25) is 4.57 Å². The van der Waals surface area contributed by atoms with E-state index in [1.165, 1.54) is 0 Å². The average molecular weight is 279 g/mol. The van der Waals surface area contributed by atoms with Crippen molar-refractivity contribution in [1.82, 2.24) is 9.55 Å². The van der Waals surface area contributed by atoms with Gasteiger partial charge in [-0.1, -0.05) is 13.3 Å². The minimum atomic E-state index is -0.591. The molecule has 0 bridgehead atoms. The van der Waals surface area contributed by atoms with Crippen molar-refractivity contribution >= 4 is 5.82 Å². The highest BCUT2D eigenvalue weighted by Gasteiger charge is 2.54. The van der Waals surface area contributed by atoms with E-state index in [0.29, 0.717) is 5.92 Å². The Morgan fingerprint density at radius 1 is 1.45 bits per heavy atom. The molecule has 110 valence electrons. The lowest BCUT2D eigenvalue weighted by molar-refractivity contribution is -0.160. The first-order valence-electron chi connectivity index (χ1n) is 7.11. The van der Waals surface area contributed by atoms with E-state index < -0.39 is 5.79 Å². The molecule has 0 amide bonds. The van der Waals surface area contributed by atoms with Crippen LogP contribution in [0, 0.1) is 5.92 Å². The number of aromatic nitrogens is 2. The molecular formula is C14H21N3O3. The van der Waals surface area contributed by atoms with Crippen LogP contribution in [0.4, 0.5) is 5.82 Å². The van der Waals surface area contributed by atoms with E-state index in [-0.39, 0.29) is 29.8 Å². The Bertz CT molecular complexity index is 569. The van der Waals surface area contributed by atoms with E-state index in [2.05, 4.69) is 11.9 Å². The number of nitrogen functional groups attached to an aromatic ring is 1. The van der Waals surface area contributed by atoms with Crippen LogP contribution >= 0.6 is 0 Å². The van der Waals surface area contributed by atoms with Crippen LogP contribution in [0.1, 0.15) is 39.7 Å². The lowest BCUT2D eigenvalue weighted by atomic mass is 10.0. The third-order valence-electron chi connectivity index (χ3n) is 4.28. The van der Waals surface area contributed by atoms with Crippen LogP contribution in [-0.2, 0) is 9.47 Å². The highest BCUT2D eigenvalue weighted by atomic mass is 16.8. The van der Waals surface area contributed by atoms with Crippen LogP contribution < -0.4 is 11.4 Å². The van der Waals surface area contributed by atoms with E-state index in [0.717, 1.165) is 12.8 Å². The Morgan fingerprint density at radius 2 is 2.15 bits per heavy atom. The summed E-state index contributed by atoms with van der Waals surface area (Å²) in [5.41, 5.74) is 5.23. The number of rotatable bonds is 2. The Kier molecular flexibility index (Phi) is 3.10. The molecule has 0 radical (unpaired) electrons. The second-order valence-corrected chi connectivity index (χ2v) is 6.08. The van der Waals surface area contributed by atoms with Crippen LogP contribution in [-0.4, -0.2) is 27.5 Å². The first-order valence-corrected chi connectivity index (χ1v) is 7.11. The number of nitrogens with zero attached hydrogens (tertiary/aromatic N) is 2. The third-order valence-corrected chi connectivity index (χ3v) is 4.28. The van der Waals surface area contributed by atoms with Gasteiger partial charge in [0.25, 0.3) is 0 Å². The fourth-order valence-electron chi connectivity index (χ4n) is 3.41. The van der Waals surface area contributed by atoms with Crippen LogP contribution in [0.15, 0.2) is 17.1 Å². The summed E-state index contributed by atoms with van der Waals surface area (Å²) in [5.74, 6) is 0.0553. The summed E-state index contributed by atoms with van der Waals surface area (Å²) in [4.78, 5) is 15.9. The topological polar surface area (TPSA) is 79.4 Å². The molecule has 6 heteroatoms. The molecule has 0 spiro atoms. The SMILES string of the molecule is CC[C@H]1C[C@@H](n2ccc(N)nc2=O)C2OC(C)(C)O[C@H]21. The van der Waals surface area contributed by atoms with E-state index in [9.17, 15) is 4.79 Å². The van der Waals surface area contributed by atoms with Crippen molar-refractivity contribution in [2.75, 3.05) is 5.73 Å². The fraction of sp³-hybridized carbons (Fsp3) is 0.714. The lowest BCUT2D eigenvalue weighted by Gasteiger charge is -2.24. The number of hydrogen-bond acceptors (Lipinski definition) is 5. The van der Waals surface area contributed by atoms with Gasteiger partial charge in [0.05, 0.1) is 12.1 Å². The molecule has 4 atom stereocenters. The van der Waals surface area contributed by atoms with E-state index in [1.54, 1.807) is 16.8 Å². The number of ether oxygens (including phenoxy) is 2. The van der Waals surface area contributed by atoms with Gasteiger partial charge in [-0.2, -0.15) is 4.98 Å². The maximum atomic E-state index is 12.0. The van der Waals surface area contributed by atoms with Crippen molar-refractivity contribution in [3.63, 3.8) is 0 Å². The minimum absolute atomic E-state index is 0.0349. The van der Waals surface area contributed by atoms with Crippen LogP contribution in [0.2, 0.25) is 0 Å². The van der Waals surface area contributed by atoms with E-state index >= 15 is 0 Å². The fourth-order valence-corrected chi connectivity index (χ4v) is 3.41. The predicted molar refractivity (Wildman–Crippen MR) is 74.2 cm³/mol. The van der Waals surface area contributed by atoms with Gasteiger partial charge >= 0.3 is 5.69 Å². The molecule has 0 aromatic carbocycles. The minimum Gasteiger partial charge on any atom is -0.383 e. The molecule has 2 aliphatic rings. The second-order valence-electron chi connectivity index (χ2n) is 6.08. The smallest absolute Gasteiger partial charge is 0.349 e. The number of fused-ring (bicyclic) bond motifs is 1. The summed E-state index contributed by atoms with van der Waals surface area (Å²) in [7, 11) is 0. The molecule has 1 saturated heterocycles. The molecule has 1 aromatic heterocycles. The van der Waals surface area contributed by atoms with Gasteiger partial charge in [0, 0.05) is 6.20 Å². The molecule has 2 heterocycles. The summed E-state index contributed by atoms with van der Waals surface area (Å²) in [5, 5.41) is 0. The van der Waals surface area contributed by atoms with Crippen molar-refractivity contribution in [2.45, 2.75) is 57.6 Å². The average Bonchev–Trinajstić information content (AvgIpc) is 2.83.